The van der Waals surface area contributed by atoms with E-state index in [1.165, 1.54) is 25.7 Å². The Bertz CT molecular complexity index is 210. The van der Waals surface area contributed by atoms with Crippen molar-refractivity contribution in [3.8, 4) is 0 Å². The van der Waals surface area contributed by atoms with E-state index in [2.05, 4.69) is 13.8 Å². The van der Waals surface area contributed by atoms with Crippen molar-refractivity contribution >= 4 is 0 Å². The molecule has 4 fully saturated rings. The lowest BCUT2D eigenvalue weighted by molar-refractivity contribution is -0.0624. The molecule has 0 unspecified atom stereocenters. The molecule has 1 nitrogen and oxygen atoms in total. The Morgan fingerprint density at radius 2 is 1.29 bits per heavy atom. The summed E-state index contributed by atoms with van der Waals surface area (Å²) in [6.07, 6.45) is 7.54. The van der Waals surface area contributed by atoms with E-state index in [9.17, 15) is 0 Å². The third-order valence-corrected chi connectivity index (χ3v) is 5.09. The highest BCUT2D eigenvalue weighted by molar-refractivity contribution is 5.03. The van der Waals surface area contributed by atoms with Crippen LogP contribution < -0.4 is 5.73 Å². The average Bonchev–Trinajstić information content (AvgIpc) is 1.97. The molecule has 0 aromatic carbocycles. The fraction of sp³-hybridized carbons (Fsp3) is 1.00. The second-order valence-electron chi connectivity index (χ2n) is 6.78. The van der Waals surface area contributed by atoms with Crippen LogP contribution in [0.2, 0.25) is 0 Å². The van der Waals surface area contributed by atoms with Gasteiger partial charge in [-0.25, -0.2) is 0 Å². The van der Waals surface area contributed by atoms with E-state index in [0.29, 0.717) is 0 Å². The van der Waals surface area contributed by atoms with Gasteiger partial charge in [0.1, 0.15) is 0 Å². The van der Waals surface area contributed by atoms with Crippen molar-refractivity contribution in [3.63, 3.8) is 0 Å². The molecule has 1 heteroatoms. The summed E-state index contributed by atoms with van der Waals surface area (Å²) in [5.74, 6) is 4.94. The van der Waals surface area contributed by atoms with Gasteiger partial charge >= 0.3 is 0 Å². The first-order valence-corrected chi connectivity index (χ1v) is 6.33. The topological polar surface area (TPSA) is 26.0 Å². The number of hydrogen-bond donors (Lipinski definition) is 1. The summed E-state index contributed by atoms with van der Waals surface area (Å²) in [5.41, 5.74) is 6.43. The fourth-order valence-corrected chi connectivity index (χ4v) is 5.14. The summed E-state index contributed by atoms with van der Waals surface area (Å²) in [5, 5.41) is 0. The van der Waals surface area contributed by atoms with Gasteiger partial charge in [0.05, 0.1) is 0 Å². The molecule has 0 saturated heterocycles. The molecule has 80 valence electrons. The van der Waals surface area contributed by atoms with Crippen molar-refractivity contribution in [1.29, 1.82) is 0 Å². The molecule has 4 aliphatic rings. The predicted molar refractivity (Wildman–Crippen MR) is 58.8 cm³/mol. The molecular formula is C13H23N. The first-order chi connectivity index (χ1) is 6.54. The summed E-state index contributed by atoms with van der Waals surface area (Å²) < 4.78 is 0. The zero-order valence-electron chi connectivity index (χ0n) is 9.50. The van der Waals surface area contributed by atoms with E-state index in [1.54, 1.807) is 6.42 Å². The van der Waals surface area contributed by atoms with E-state index in [0.717, 1.165) is 29.6 Å². The third kappa shape index (κ3) is 1.25. The normalized spacial score (nSPS) is 51.2. The van der Waals surface area contributed by atoms with Crippen molar-refractivity contribution in [3.05, 3.63) is 0 Å². The average molecular weight is 193 g/mol. The Kier molecular flexibility index (Phi) is 1.81. The standard InChI is InChI=1S/C13H23N/c1-13(2,14)12-10-4-8-3-9(6-10)7-11(12)5-8/h8-12H,3-7,14H2,1-2H3. The molecule has 0 spiro atoms. The van der Waals surface area contributed by atoms with Gasteiger partial charge < -0.3 is 5.73 Å². The van der Waals surface area contributed by atoms with Gasteiger partial charge in [0.15, 0.2) is 0 Å². The molecule has 0 atom stereocenters. The van der Waals surface area contributed by atoms with Gasteiger partial charge in [-0.2, -0.15) is 0 Å². The van der Waals surface area contributed by atoms with E-state index < -0.39 is 0 Å². The summed E-state index contributed by atoms with van der Waals surface area (Å²) in [6.45, 7) is 4.50. The van der Waals surface area contributed by atoms with Gasteiger partial charge in [-0.1, -0.05) is 0 Å². The van der Waals surface area contributed by atoms with Crippen LogP contribution in [0.4, 0.5) is 0 Å². The van der Waals surface area contributed by atoms with Crippen LogP contribution in [-0.2, 0) is 0 Å². The van der Waals surface area contributed by atoms with E-state index >= 15 is 0 Å². The quantitative estimate of drug-likeness (QED) is 0.681. The minimum atomic E-state index is 0.0720. The monoisotopic (exact) mass is 193 g/mol. The lowest BCUT2D eigenvalue weighted by atomic mass is 9.49. The molecule has 4 saturated carbocycles. The van der Waals surface area contributed by atoms with Crippen LogP contribution in [0.15, 0.2) is 0 Å². The Hall–Kier alpha value is -0.0400. The van der Waals surface area contributed by atoms with Crippen molar-refractivity contribution in [1.82, 2.24) is 0 Å². The van der Waals surface area contributed by atoms with Crippen LogP contribution in [0.1, 0.15) is 46.0 Å². The highest BCUT2D eigenvalue weighted by Gasteiger charge is 2.51. The van der Waals surface area contributed by atoms with Gasteiger partial charge in [0, 0.05) is 5.54 Å². The molecule has 4 rings (SSSR count). The maximum absolute atomic E-state index is 6.36. The SMILES string of the molecule is CC(C)(N)C1C2CC3CC(C2)CC1C3. The van der Waals surface area contributed by atoms with Gasteiger partial charge in [-0.05, 0) is 75.5 Å². The molecule has 4 aliphatic carbocycles. The molecule has 0 aliphatic heterocycles. The molecule has 0 aromatic heterocycles. The minimum Gasteiger partial charge on any atom is -0.325 e. The molecule has 2 N–H and O–H groups in total. The summed E-state index contributed by atoms with van der Waals surface area (Å²) in [7, 11) is 0. The third-order valence-electron chi connectivity index (χ3n) is 5.09. The minimum absolute atomic E-state index is 0.0720. The molecule has 0 heterocycles. The van der Waals surface area contributed by atoms with Crippen molar-refractivity contribution in [2.45, 2.75) is 51.5 Å². The van der Waals surface area contributed by atoms with Crippen molar-refractivity contribution in [2.24, 2.45) is 35.3 Å². The van der Waals surface area contributed by atoms with Gasteiger partial charge in [0.2, 0.25) is 0 Å². The second-order valence-corrected chi connectivity index (χ2v) is 6.78. The Morgan fingerprint density at radius 1 is 0.857 bits per heavy atom. The second kappa shape index (κ2) is 2.75. The molecule has 4 bridgehead atoms. The van der Waals surface area contributed by atoms with Crippen LogP contribution in [0.25, 0.3) is 0 Å². The molecule has 14 heavy (non-hydrogen) atoms. The first-order valence-electron chi connectivity index (χ1n) is 6.33. The van der Waals surface area contributed by atoms with E-state index in [-0.39, 0.29) is 5.54 Å². The lowest BCUT2D eigenvalue weighted by Gasteiger charge is -2.58. The molecule has 0 amide bonds. The van der Waals surface area contributed by atoms with Crippen LogP contribution in [0, 0.1) is 29.6 Å². The summed E-state index contributed by atoms with van der Waals surface area (Å²) in [6, 6.07) is 0. The lowest BCUT2D eigenvalue weighted by Crippen LogP contribution is -2.56. The largest absolute Gasteiger partial charge is 0.325 e. The summed E-state index contributed by atoms with van der Waals surface area (Å²) in [4.78, 5) is 0. The Balaban J connectivity index is 1.88. The van der Waals surface area contributed by atoms with E-state index in [1.807, 2.05) is 0 Å². The van der Waals surface area contributed by atoms with Crippen molar-refractivity contribution < 1.29 is 0 Å². The summed E-state index contributed by atoms with van der Waals surface area (Å²) >= 11 is 0. The number of nitrogens with two attached hydrogens (primary N) is 1. The smallest absolute Gasteiger partial charge is 0.0131 e. The van der Waals surface area contributed by atoms with Crippen molar-refractivity contribution in [2.75, 3.05) is 0 Å². The van der Waals surface area contributed by atoms with Gasteiger partial charge in [-0.15, -0.1) is 0 Å². The van der Waals surface area contributed by atoms with Crippen LogP contribution >= 0.6 is 0 Å². The Labute approximate surface area is 87.4 Å². The highest BCUT2D eigenvalue weighted by Crippen LogP contribution is 2.58. The Morgan fingerprint density at radius 3 is 1.64 bits per heavy atom. The van der Waals surface area contributed by atoms with Gasteiger partial charge in [-0.3, -0.25) is 0 Å². The fourth-order valence-electron chi connectivity index (χ4n) is 5.14. The predicted octanol–water partition coefficient (Wildman–Crippen LogP) is 2.80. The molecule has 0 radical (unpaired) electrons. The maximum atomic E-state index is 6.36. The van der Waals surface area contributed by atoms with Crippen LogP contribution in [0.3, 0.4) is 0 Å². The number of rotatable bonds is 1. The number of hydrogen-bond acceptors (Lipinski definition) is 1. The van der Waals surface area contributed by atoms with Gasteiger partial charge in [0.25, 0.3) is 0 Å². The molecular weight excluding hydrogens is 170 g/mol. The highest BCUT2D eigenvalue weighted by atomic mass is 14.8. The van der Waals surface area contributed by atoms with Crippen LogP contribution in [0.5, 0.6) is 0 Å². The zero-order valence-corrected chi connectivity index (χ0v) is 9.50. The van der Waals surface area contributed by atoms with Crippen LogP contribution in [-0.4, -0.2) is 5.54 Å². The zero-order chi connectivity index (χ0) is 9.92. The van der Waals surface area contributed by atoms with E-state index in [4.69, 9.17) is 5.73 Å². The first kappa shape index (κ1) is 9.21. The maximum Gasteiger partial charge on any atom is 0.0131 e. The molecule has 0 aromatic rings.